The number of aromatic nitrogens is 5. The van der Waals surface area contributed by atoms with Gasteiger partial charge in [0, 0.05) is 31.6 Å². The number of imidazole rings is 1. The first kappa shape index (κ1) is 28.0. The monoisotopic (exact) mass is 569 g/mol. The summed E-state index contributed by atoms with van der Waals surface area (Å²) in [5, 5.41) is 4.48. The third-order valence-electron chi connectivity index (χ3n) is 5.53. The predicted octanol–water partition coefficient (Wildman–Crippen LogP) is 2.53. The van der Waals surface area contributed by atoms with E-state index in [0.29, 0.717) is 47.6 Å². The Bertz CT molecular complexity index is 1550. The third-order valence-corrected chi connectivity index (χ3v) is 6.78. The highest BCUT2D eigenvalue weighted by atomic mass is 32.2. The average Bonchev–Trinajstić information content (AvgIpc) is 3.31. The molecule has 1 atom stereocenters. The molecule has 1 aliphatic rings. The van der Waals surface area contributed by atoms with E-state index in [4.69, 9.17) is 22.8 Å². The molecule has 38 heavy (non-hydrogen) atoms. The van der Waals surface area contributed by atoms with Crippen LogP contribution in [0.1, 0.15) is 39.1 Å². The smallest absolute Gasteiger partial charge is 0.267 e. The minimum absolute atomic E-state index is 0.106. The predicted molar refractivity (Wildman–Crippen MR) is 138 cm³/mol. The number of hydrogen-bond donors (Lipinski definition) is 0. The van der Waals surface area contributed by atoms with Crippen molar-refractivity contribution >= 4 is 20.2 Å². The fourth-order valence-electron chi connectivity index (χ4n) is 4.06. The Morgan fingerprint density at radius 2 is 1.84 bits per heavy atom. The maximum absolute atomic E-state index is 11.9. The van der Waals surface area contributed by atoms with Crippen molar-refractivity contribution in [2.75, 3.05) is 25.7 Å². The second-order valence-corrected chi connectivity index (χ2v) is 12.7. The Hall–Kier alpha value is -3.01. The summed E-state index contributed by atoms with van der Waals surface area (Å²) >= 11 is 0. The Morgan fingerprint density at radius 3 is 2.50 bits per heavy atom. The minimum atomic E-state index is -3.95. The van der Waals surface area contributed by atoms with Gasteiger partial charge in [-0.2, -0.15) is 21.9 Å². The molecule has 2 aromatic heterocycles. The summed E-state index contributed by atoms with van der Waals surface area (Å²) in [5.74, 6) is 1.00. The van der Waals surface area contributed by atoms with Gasteiger partial charge < -0.3 is 14.0 Å². The van der Waals surface area contributed by atoms with Gasteiger partial charge in [-0.25, -0.2) is 18.8 Å². The molecule has 0 bridgehead atoms. The van der Waals surface area contributed by atoms with Gasteiger partial charge in [-0.1, -0.05) is 0 Å². The fraction of sp³-hybridized carbons (Fsp3) is 0.522. The first-order valence-electron chi connectivity index (χ1n) is 11.8. The van der Waals surface area contributed by atoms with Crippen LogP contribution < -0.4 is 9.47 Å². The minimum Gasteiger partial charge on any atom is -0.491 e. The van der Waals surface area contributed by atoms with Crippen LogP contribution in [0.5, 0.6) is 11.5 Å². The van der Waals surface area contributed by atoms with Gasteiger partial charge in [-0.15, -0.1) is 0 Å². The summed E-state index contributed by atoms with van der Waals surface area (Å²) in [4.78, 5) is 9.40. The molecule has 3 heterocycles. The van der Waals surface area contributed by atoms with Gasteiger partial charge in [-0.05, 0) is 32.9 Å². The number of hydrogen-bond acceptors (Lipinski definition) is 11. The number of benzene rings is 1. The summed E-state index contributed by atoms with van der Waals surface area (Å²) in [6, 6.07) is 5.11. The molecule has 0 amide bonds. The highest BCUT2D eigenvalue weighted by Gasteiger charge is 2.33. The van der Waals surface area contributed by atoms with Gasteiger partial charge in [0.05, 0.1) is 31.2 Å². The van der Waals surface area contributed by atoms with E-state index < -0.39 is 26.0 Å². The van der Waals surface area contributed by atoms with Crippen molar-refractivity contribution in [3.63, 3.8) is 0 Å². The summed E-state index contributed by atoms with van der Waals surface area (Å²) in [7, 11) is -7.68. The zero-order valence-electron chi connectivity index (χ0n) is 22.0. The normalized spacial score (nSPS) is 15.3. The standard InChI is InChI=1S/C23H31N5O8S2/c1-15(2)28-22(24-16(3)26-28)19-14-27-10-12-33-20-13-17(7-8-18(20)21(27)25-19)35-23(4,36-38(6,31)32)9-11-34-37(5,29)30/h7-8,13-15H,9-12H2,1-6H3. The van der Waals surface area contributed by atoms with E-state index in [9.17, 15) is 16.8 Å². The number of ether oxygens (including phenoxy) is 2. The van der Waals surface area contributed by atoms with Gasteiger partial charge in [0.25, 0.3) is 20.2 Å². The molecule has 0 saturated heterocycles. The summed E-state index contributed by atoms with van der Waals surface area (Å²) in [5.41, 5.74) is 1.39. The van der Waals surface area contributed by atoms with Crippen LogP contribution in [0.3, 0.4) is 0 Å². The molecule has 0 saturated carbocycles. The molecule has 13 nitrogen and oxygen atoms in total. The van der Waals surface area contributed by atoms with Crippen LogP contribution in [0.25, 0.3) is 22.9 Å². The quantitative estimate of drug-likeness (QED) is 0.261. The Kier molecular flexibility index (Phi) is 7.58. The number of aryl methyl sites for hydroxylation is 1. The van der Waals surface area contributed by atoms with Crippen molar-refractivity contribution in [1.29, 1.82) is 0 Å². The summed E-state index contributed by atoms with van der Waals surface area (Å²) < 4.78 is 72.0. The van der Waals surface area contributed by atoms with E-state index in [0.717, 1.165) is 12.5 Å². The molecular formula is C23H31N5O8S2. The molecule has 0 fully saturated rings. The number of fused-ring (bicyclic) bond motifs is 3. The van der Waals surface area contributed by atoms with E-state index >= 15 is 0 Å². The van der Waals surface area contributed by atoms with E-state index in [1.165, 1.54) is 6.92 Å². The molecule has 0 N–H and O–H groups in total. The van der Waals surface area contributed by atoms with Crippen molar-refractivity contribution in [1.82, 2.24) is 24.3 Å². The largest absolute Gasteiger partial charge is 0.491 e. The molecule has 1 aromatic carbocycles. The van der Waals surface area contributed by atoms with Crippen LogP contribution in [0.4, 0.5) is 0 Å². The number of nitrogens with zero attached hydrogens (tertiary/aromatic N) is 5. The highest BCUT2D eigenvalue weighted by molar-refractivity contribution is 7.86. The first-order valence-corrected chi connectivity index (χ1v) is 15.5. The van der Waals surface area contributed by atoms with E-state index in [-0.39, 0.29) is 24.8 Å². The fourth-order valence-corrected chi connectivity index (χ4v) is 5.20. The second kappa shape index (κ2) is 10.3. The van der Waals surface area contributed by atoms with Crippen molar-refractivity contribution in [3.05, 3.63) is 30.2 Å². The van der Waals surface area contributed by atoms with Crippen molar-refractivity contribution in [2.45, 2.75) is 52.5 Å². The van der Waals surface area contributed by atoms with E-state index in [2.05, 4.69) is 10.1 Å². The molecule has 208 valence electrons. The molecular weight excluding hydrogens is 538 g/mol. The van der Waals surface area contributed by atoms with Crippen LogP contribution in [0.2, 0.25) is 0 Å². The lowest BCUT2D eigenvalue weighted by Crippen LogP contribution is -2.39. The molecule has 4 rings (SSSR count). The first-order chi connectivity index (χ1) is 17.6. The molecule has 0 radical (unpaired) electrons. The average molecular weight is 570 g/mol. The van der Waals surface area contributed by atoms with Crippen LogP contribution in [-0.4, -0.2) is 72.7 Å². The molecule has 1 aliphatic heterocycles. The van der Waals surface area contributed by atoms with Gasteiger partial charge >= 0.3 is 0 Å². The van der Waals surface area contributed by atoms with Gasteiger partial charge in [0.2, 0.25) is 5.79 Å². The molecule has 0 spiro atoms. The lowest BCUT2D eigenvalue weighted by atomic mass is 10.1. The van der Waals surface area contributed by atoms with Crippen molar-refractivity contribution < 1.29 is 34.7 Å². The molecule has 0 aliphatic carbocycles. The molecule has 15 heteroatoms. The van der Waals surface area contributed by atoms with Crippen molar-refractivity contribution in [2.24, 2.45) is 0 Å². The van der Waals surface area contributed by atoms with E-state index in [1.807, 2.05) is 36.2 Å². The SMILES string of the molecule is Cc1nc(-c2cn3c(n2)-c2ccc(OC(C)(CCOS(C)(=O)=O)OS(C)(=O)=O)cc2OCC3)n(C(C)C)n1. The topological polar surface area (TPSA) is 154 Å². The Balaban J connectivity index is 1.65. The van der Waals surface area contributed by atoms with Crippen LogP contribution in [-0.2, 0) is 35.1 Å². The molecule has 1 unspecified atom stereocenters. The zero-order chi connectivity index (χ0) is 27.9. The maximum Gasteiger partial charge on any atom is 0.267 e. The maximum atomic E-state index is 11.9. The van der Waals surface area contributed by atoms with Crippen LogP contribution in [0.15, 0.2) is 24.4 Å². The lowest BCUT2D eigenvalue weighted by Gasteiger charge is -2.29. The van der Waals surface area contributed by atoms with E-state index in [1.54, 1.807) is 18.2 Å². The van der Waals surface area contributed by atoms with Gasteiger partial charge in [-0.3, -0.25) is 4.18 Å². The zero-order valence-corrected chi connectivity index (χ0v) is 23.7. The summed E-state index contributed by atoms with van der Waals surface area (Å²) in [6.45, 7) is 7.83. The van der Waals surface area contributed by atoms with Crippen LogP contribution >= 0.6 is 0 Å². The number of rotatable bonds is 10. The van der Waals surface area contributed by atoms with Crippen molar-refractivity contribution in [3.8, 4) is 34.4 Å². The van der Waals surface area contributed by atoms with Gasteiger partial charge in [0.1, 0.15) is 35.4 Å². The Labute approximate surface area is 222 Å². The van der Waals surface area contributed by atoms with Gasteiger partial charge in [0.15, 0.2) is 5.82 Å². The Morgan fingerprint density at radius 1 is 1.11 bits per heavy atom. The lowest BCUT2D eigenvalue weighted by molar-refractivity contribution is -0.104. The highest BCUT2D eigenvalue weighted by Crippen LogP contribution is 2.37. The molecule has 3 aromatic rings. The third kappa shape index (κ3) is 6.70. The second-order valence-electron chi connectivity index (χ2n) is 9.47. The summed E-state index contributed by atoms with van der Waals surface area (Å²) in [6.07, 6.45) is 3.51. The van der Waals surface area contributed by atoms with Crippen LogP contribution in [0, 0.1) is 6.92 Å².